The van der Waals surface area contributed by atoms with Gasteiger partial charge in [-0.1, -0.05) is 11.6 Å². The Morgan fingerprint density at radius 3 is 2.85 bits per heavy atom. The molecule has 1 rings (SSSR count). The fraction of sp³-hybridized carbons (Fsp3) is 0.333. The highest BCUT2D eigenvalue weighted by molar-refractivity contribution is 9.10. The van der Waals surface area contributed by atoms with Gasteiger partial charge in [-0.15, -0.1) is 0 Å². The summed E-state index contributed by atoms with van der Waals surface area (Å²) >= 11 is 9.13. The number of phenols is 1. The van der Waals surface area contributed by atoms with Crippen molar-refractivity contribution in [3.8, 4) is 5.75 Å². The molecule has 0 aliphatic carbocycles. The molecule has 0 radical (unpaired) electrons. The van der Waals surface area contributed by atoms with E-state index in [0.29, 0.717) is 5.02 Å². The minimum atomic E-state index is 0.284. The first-order valence-corrected chi connectivity index (χ1v) is 5.13. The predicted molar refractivity (Wildman–Crippen MR) is 58.4 cm³/mol. The third-order valence-electron chi connectivity index (χ3n) is 1.77. The highest BCUT2D eigenvalue weighted by Crippen LogP contribution is 2.30. The van der Waals surface area contributed by atoms with Crippen molar-refractivity contribution in [2.24, 2.45) is 0 Å². The van der Waals surface area contributed by atoms with Gasteiger partial charge in [0, 0.05) is 4.47 Å². The first kappa shape index (κ1) is 10.8. The minimum absolute atomic E-state index is 0.284. The molecule has 0 fully saturated rings. The largest absolute Gasteiger partial charge is 0.508 e. The number of hydrogen-bond donors (Lipinski definition) is 2. The lowest BCUT2D eigenvalue weighted by molar-refractivity contribution is 0.467. The van der Waals surface area contributed by atoms with Gasteiger partial charge in [0.2, 0.25) is 0 Å². The van der Waals surface area contributed by atoms with Gasteiger partial charge in [0.05, 0.1) is 5.02 Å². The Morgan fingerprint density at radius 2 is 2.23 bits per heavy atom. The number of nitrogens with one attached hydrogen (secondary N) is 1. The molecular weight excluding hydrogens is 253 g/mol. The van der Waals surface area contributed by atoms with E-state index in [9.17, 15) is 5.11 Å². The van der Waals surface area contributed by atoms with E-state index < -0.39 is 0 Å². The summed E-state index contributed by atoms with van der Waals surface area (Å²) in [6, 6.07) is 3.39. The number of hydrogen-bond acceptors (Lipinski definition) is 2. The maximum Gasteiger partial charge on any atom is 0.120 e. The van der Waals surface area contributed by atoms with Gasteiger partial charge >= 0.3 is 0 Å². The molecule has 0 aromatic heterocycles. The molecule has 2 N–H and O–H groups in total. The Bertz CT molecular complexity index is 304. The van der Waals surface area contributed by atoms with E-state index in [-0.39, 0.29) is 5.75 Å². The maximum absolute atomic E-state index is 9.53. The van der Waals surface area contributed by atoms with E-state index in [4.69, 9.17) is 11.6 Å². The van der Waals surface area contributed by atoms with Crippen molar-refractivity contribution in [1.82, 2.24) is 5.32 Å². The fourth-order valence-corrected chi connectivity index (χ4v) is 1.55. The smallest absolute Gasteiger partial charge is 0.120 e. The lowest BCUT2D eigenvalue weighted by Gasteiger charge is -2.05. The molecule has 0 aliphatic heterocycles. The number of phenolic OH excluding ortho intramolecular Hbond substituents is 1. The molecular formula is C9H11BrClNO. The summed E-state index contributed by atoms with van der Waals surface area (Å²) in [6.45, 7) is 0.825. The van der Waals surface area contributed by atoms with Gasteiger partial charge < -0.3 is 10.4 Å². The topological polar surface area (TPSA) is 32.3 Å². The van der Waals surface area contributed by atoms with E-state index in [0.717, 1.165) is 23.0 Å². The second-order valence-corrected chi connectivity index (χ2v) is 4.01. The molecule has 2 nitrogen and oxygen atoms in total. The predicted octanol–water partition coefficient (Wildman–Crippen LogP) is 2.57. The summed E-state index contributed by atoms with van der Waals surface area (Å²) in [6.07, 6.45) is 0.773. The monoisotopic (exact) mass is 263 g/mol. The lowest BCUT2D eigenvalue weighted by atomic mass is 10.1. The third kappa shape index (κ3) is 2.86. The summed E-state index contributed by atoms with van der Waals surface area (Å²) in [5.74, 6) is 0.284. The average Bonchev–Trinajstić information content (AvgIpc) is 2.09. The van der Waals surface area contributed by atoms with Crippen LogP contribution in [-0.2, 0) is 6.42 Å². The number of likely N-dealkylation sites (N-methyl/N-ethyl adjacent to an activating group) is 1. The van der Waals surface area contributed by atoms with Gasteiger partial charge in [0.25, 0.3) is 0 Å². The summed E-state index contributed by atoms with van der Waals surface area (Å²) < 4.78 is 0.722. The Labute approximate surface area is 91.0 Å². The van der Waals surface area contributed by atoms with E-state index in [1.54, 1.807) is 12.1 Å². The first-order valence-electron chi connectivity index (χ1n) is 3.96. The third-order valence-corrected chi connectivity index (χ3v) is 2.96. The summed E-state index contributed by atoms with van der Waals surface area (Å²) in [5, 5.41) is 13.2. The average molecular weight is 265 g/mol. The van der Waals surface area contributed by atoms with E-state index in [2.05, 4.69) is 21.2 Å². The van der Waals surface area contributed by atoms with Crippen molar-refractivity contribution in [1.29, 1.82) is 0 Å². The number of aromatic hydroxyl groups is 1. The van der Waals surface area contributed by atoms with Crippen LogP contribution in [0.15, 0.2) is 16.6 Å². The Balaban J connectivity index is 2.88. The van der Waals surface area contributed by atoms with E-state index in [1.165, 1.54) is 0 Å². The maximum atomic E-state index is 9.53. The molecule has 0 spiro atoms. The van der Waals surface area contributed by atoms with Crippen LogP contribution in [0.3, 0.4) is 0 Å². The minimum Gasteiger partial charge on any atom is -0.508 e. The molecule has 0 atom stereocenters. The van der Waals surface area contributed by atoms with Crippen molar-refractivity contribution in [3.63, 3.8) is 0 Å². The van der Waals surface area contributed by atoms with Gasteiger partial charge in [-0.2, -0.15) is 0 Å². The molecule has 0 amide bonds. The highest BCUT2D eigenvalue weighted by atomic mass is 79.9. The van der Waals surface area contributed by atoms with Crippen molar-refractivity contribution >= 4 is 27.5 Å². The zero-order valence-corrected chi connectivity index (χ0v) is 9.61. The number of benzene rings is 1. The molecule has 13 heavy (non-hydrogen) atoms. The standard InChI is InChI=1S/C9H11BrClNO/c1-12-3-2-6-4-8(11)7(10)5-9(6)13/h4-5,12-13H,2-3H2,1H3. The van der Waals surface area contributed by atoms with E-state index >= 15 is 0 Å². The zero-order valence-electron chi connectivity index (χ0n) is 7.27. The molecule has 1 aromatic rings. The van der Waals surface area contributed by atoms with Crippen molar-refractivity contribution < 1.29 is 5.11 Å². The number of halogens is 2. The highest BCUT2D eigenvalue weighted by Gasteiger charge is 2.05. The van der Waals surface area contributed by atoms with Crippen LogP contribution in [0.5, 0.6) is 5.75 Å². The van der Waals surface area contributed by atoms with Crippen molar-refractivity contribution in [3.05, 3.63) is 27.2 Å². The SMILES string of the molecule is CNCCc1cc(Cl)c(Br)cc1O. The molecule has 0 saturated carbocycles. The van der Waals surface area contributed by atoms with Gasteiger partial charge in [0.1, 0.15) is 5.75 Å². The molecule has 4 heteroatoms. The molecule has 0 saturated heterocycles. The molecule has 72 valence electrons. The quantitative estimate of drug-likeness (QED) is 0.879. The van der Waals surface area contributed by atoms with Crippen LogP contribution in [0.2, 0.25) is 5.02 Å². The Morgan fingerprint density at radius 1 is 1.54 bits per heavy atom. The molecule has 0 heterocycles. The summed E-state index contributed by atoms with van der Waals surface area (Å²) in [4.78, 5) is 0. The van der Waals surface area contributed by atoms with Gasteiger partial charge in [0.15, 0.2) is 0 Å². The summed E-state index contributed by atoms with van der Waals surface area (Å²) in [7, 11) is 1.87. The summed E-state index contributed by atoms with van der Waals surface area (Å²) in [5.41, 5.74) is 0.863. The molecule has 0 bridgehead atoms. The number of rotatable bonds is 3. The van der Waals surface area contributed by atoms with Gasteiger partial charge in [-0.05, 0) is 53.6 Å². The van der Waals surface area contributed by atoms with Crippen LogP contribution in [0.25, 0.3) is 0 Å². The van der Waals surface area contributed by atoms with Crippen LogP contribution in [-0.4, -0.2) is 18.7 Å². The second-order valence-electron chi connectivity index (χ2n) is 2.75. The van der Waals surface area contributed by atoms with Crippen molar-refractivity contribution in [2.45, 2.75) is 6.42 Å². The Kier molecular flexibility index (Phi) is 4.03. The first-order chi connectivity index (χ1) is 6.15. The Hall–Kier alpha value is -0.250. The van der Waals surface area contributed by atoms with Crippen LogP contribution >= 0.6 is 27.5 Å². The fourth-order valence-electron chi connectivity index (χ4n) is 1.04. The normalized spacial score (nSPS) is 10.4. The van der Waals surface area contributed by atoms with Crippen LogP contribution in [0, 0.1) is 0 Å². The van der Waals surface area contributed by atoms with Crippen LogP contribution in [0.4, 0.5) is 0 Å². The van der Waals surface area contributed by atoms with Crippen molar-refractivity contribution in [2.75, 3.05) is 13.6 Å². The molecule has 0 aliphatic rings. The molecule has 1 aromatic carbocycles. The molecule has 0 unspecified atom stereocenters. The van der Waals surface area contributed by atoms with Crippen LogP contribution < -0.4 is 5.32 Å². The van der Waals surface area contributed by atoms with Gasteiger partial charge in [-0.3, -0.25) is 0 Å². The lowest BCUT2D eigenvalue weighted by Crippen LogP contribution is -2.10. The van der Waals surface area contributed by atoms with Crippen LogP contribution in [0.1, 0.15) is 5.56 Å². The van der Waals surface area contributed by atoms with Gasteiger partial charge in [-0.25, -0.2) is 0 Å². The van der Waals surface area contributed by atoms with E-state index in [1.807, 2.05) is 7.05 Å². The zero-order chi connectivity index (χ0) is 9.84. The second kappa shape index (κ2) is 4.84.